The van der Waals surface area contributed by atoms with Crippen LogP contribution in [0.4, 0.5) is 0 Å². The molecule has 0 aliphatic carbocycles. The van der Waals surface area contributed by atoms with E-state index in [0.29, 0.717) is 5.56 Å². The van der Waals surface area contributed by atoms with Gasteiger partial charge in [-0.05, 0) is 17.0 Å². The van der Waals surface area contributed by atoms with Gasteiger partial charge in [-0.1, -0.05) is 30.3 Å². The van der Waals surface area contributed by atoms with Crippen LogP contribution in [0.15, 0.2) is 47.2 Å². The number of carboxylic acid groups (broad SMARTS) is 1. The summed E-state index contributed by atoms with van der Waals surface area (Å²) in [5, 5.41) is 15.2. The number of hydrogen-bond acceptors (Lipinski definition) is 3. The third-order valence-electron chi connectivity index (χ3n) is 2.67. The highest BCUT2D eigenvalue weighted by atomic mass is 32.1. The van der Waals surface area contributed by atoms with Crippen LogP contribution < -0.4 is 5.32 Å². The fraction of sp³-hybridized carbons (Fsp3) is 0.143. The molecule has 0 saturated heterocycles. The summed E-state index contributed by atoms with van der Waals surface area (Å²) in [6.07, 6.45) is 0.270. The fourth-order valence-corrected chi connectivity index (χ4v) is 2.32. The third kappa shape index (κ3) is 3.66. The number of carbonyl (C=O) groups is 2. The molecular formula is C14H13NO3S. The number of nitrogens with one attached hydrogen (secondary N) is 1. The highest BCUT2D eigenvalue weighted by Gasteiger charge is 2.21. The first-order chi connectivity index (χ1) is 9.16. The van der Waals surface area contributed by atoms with Crippen LogP contribution in [0.3, 0.4) is 0 Å². The van der Waals surface area contributed by atoms with Gasteiger partial charge in [-0.3, -0.25) is 4.79 Å². The Bertz CT molecular complexity index is 551. The summed E-state index contributed by atoms with van der Waals surface area (Å²) in [5.41, 5.74) is 1.37. The van der Waals surface area contributed by atoms with Gasteiger partial charge in [0, 0.05) is 11.8 Å². The quantitative estimate of drug-likeness (QED) is 0.879. The Morgan fingerprint density at radius 2 is 1.95 bits per heavy atom. The molecule has 0 saturated carbocycles. The van der Waals surface area contributed by atoms with Crippen LogP contribution in [-0.2, 0) is 11.2 Å². The average molecular weight is 275 g/mol. The Kier molecular flexibility index (Phi) is 4.30. The molecule has 4 nitrogen and oxygen atoms in total. The van der Waals surface area contributed by atoms with E-state index in [2.05, 4.69) is 5.32 Å². The zero-order valence-corrected chi connectivity index (χ0v) is 10.9. The van der Waals surface area contributed by atoms with Crippen molar-refractivity contribution < 1.29 is 14.7 Å². The van der Waals surface area contributed by atoms with Gasteiger partial charge >= 0.3 is 5.97 Å². The molecule has 0 radical (unpaired) electrons. The number of amides is 1. The molecule has 98 valence electrons. The van der Waals surface area contributed by atoms with Crippen LogP contribution in [-0.4, -0.2) is 23.0 Å². The van der Waals surface area contributed by atoms with E-state index in [1.165, 1.54) is 11.3 Å². The summed E-state index contributed by atoms with van der Waals surface area (Å²) in [4.78, 5) is 23.0. The molecule has 1 amide bonds. The number of hydrogen-bond donors (Lipinski definition) is 2. The molecule has 1 heterocycles. The lowest BCUT2D eigenvalue weighted by atomic mass is 10.1. The molecule has 1 aromatic heterocycles. The summed E-state index contributed by atoms with van der Waals surface area (Å²) in [5.74, 6) is -1.39. The zero-order valence-electron chi connectivity index (χ0n) is 10.1. The standard InChI is InChI=1S/C14H13NO3S/c16-13(11-6-7-19-9-11)15-12(14(17)18)8-10-4-2-1-3-5-10/h1-7,9,12H,8H2,(H,15,16)(H,17,18)/t12-/m1/s1. The number of benzene rings is 1. The Morgan fingerprint density at radius 3 is 2.53 bits per heavy atom. The first-order valence-electron chi connectivity index (χ1n) is 5.76. The minimum Gasteiger partial charge on any atom is -0.480 e. The summed E-state index contributed by atoms with van der Waals surface area (Å²) >= 11 is 1.40. The molecule has 5 heteroatoms. The van der Waals surface area contributed by atoms with Crippen molar-refractivity contribution in [3.8, 4) is 0 Å². The van der Waals surface area contributed by atoms with Gasteiger partial charge < -0.3 is 10.4 Å². The third-order valence-corrected chi connectivity index (χ3v) is 3.35. The number of thiophene rings is 1. The van der Waals surface area contributed by atoms with Gasteiger partial charge in [0.15, 0.2) is 0 Å². The van der Waals surface area contributed by atoms with Gasteiger partial charge in [0.25, 0.3) is 5.91 Å². The van der Waals surface area contributed by atoms with Crippen molar-refractivity contribution in [3.63, 3.8) is 0 Å². The minimum absolute atomic E-state index is 0.270. The van der Waals surface area contributed by atoms with Gasteiger partial charge in [-0.15, -0.1) is 0 Å². The molecule has 0 bridgehead atoms. The molecule has 0 unspecified atom stereocenters. The summed E-state index contributed by atoms with van der Waals surface area (Å²) in [6, 6.07) is 9.98. The highest BCUT2D eigenvalue weighted by molar-refractivity contribution is 7.08. The van der Waals surface area contributed by atoms with Crippen LogP contribution in [0, 0.1) is 0 Å². The largest absolute Gasteiger partial charge is 0.480 e. The lowest BCUT2D eigenvalue weighted by Crippen LogP contribution is -2.42. The molecule has 19 heavy (non-hydrogen) atoms. The molecule has 1 atom stereocenters. The first-order valence-corrected chi connectivity index (χ1v) is 6.71. The SMILES string of the molecule is O=C(N[C@H](Cc1ccccc1)C(=O)O)c1ccsc1. The lowest BCUT2D eigenvalue weighted by Gasteiger charge is -2.14. The van der Waals surface area contributed by atoms with Gasteiger partial charge in [0.2, 0.25) is 0 Å². The molecule has 0 aliphatic heterocycles. The smallest absolute Gasteiger partial charge is 0.326 e. The van der Waals surface area contributed by atoms with Crippen molar-refractivity contribution in [2.75, 3.05) is 0 Å². The van der Waals surface area contributed by atoms with Crippen molar-refractivity contribution in [1.82, 2.24) is 5.32 Å². The molecule has 2 N–H and O–H groups in total. The van der Waals surface area contributed by atoms with Crippen LogP contribution in [0.2, 0.25) is 0 Å². The Labute approximate surface area is 114 Å². The number of rotatable bonds is 5. The van der Waals surface area contributed by atoms with Crippen molar-refractivity contribution >= 4 is 23.2 Å². The van der Waals surface area contributed by atoms with E-state index in [1.807, 2.05) is 30.3 Å². The van der Waals surface area contributed by atoms with Gasteiger partial charge in [0.05, 0.1) is 5.56 Å². The normalized spacial score (nSPS) is 11.8. The Morgan fingerprint density at radius 1 is 1.21 bits per heavy atom. The average Bonchev–Trinajstić information content (AvgIpc) is 2.93. The summed E-state index contributed by atoms with van der Waals surface area (Å²) in [6.45, 7) is 0. The number of aliphatic carboxylic acids is 1. The van der Waals surface area contributed by atoms with Gasteiger partial charge in [0.1, 0.15) is 6.04 Å². The summed E-state index contributed by atoms with van der Waals surface area (Å²) < 4.78 is 0. The predicted molar refractivity (Wildman–Crippen MR) is 73.4 cm³/mol. The second-order valence-corrected chi connectivity index (χ2v) is 4.85. The van der Waals surface area contributed by atoms with Gasteiger partial charge in [-0.2, -0.15) is 11.3 Å². The van der Waals surface area contributed by atoms with Crippen LogP contribution in [0.25, 0.3) is 0 Å². The van der Waals surface area contributed by atoms with Crippen LogP contribution in [0.5, 0.6) is 0 Å². The van der Waals surface area contributed by atoms with E-state index in [1.54, 1.807) is 16.8 Å². The predicted octanol–water partition coefficient (Wildman–Crippen LogP) is 2.17. The maximum Gasteiger partial charge on any atom is 0.326 e. The van der Waals surface area contributed by atoms with Crippen molar-refractivity contribution in [2.45, 2.75) is 12.5 Å². The van der Waals surface area contributed by atoms with E-state index in [9.17, 15) is 9.59 Å². The van der Waals surface area contributed by atoms with Crippen LogP contribution >= 0.6 is 11.3 Å². The minimum atomic E-state index is -1.03. The maximum absolute atomic E-state index is 11.8. The Balaban J connectivity index is 2.05. The van der Waals surface area contributed by atoms with E-state index in [4.69, 9.17) is 5.11 Å². The zero-order chi connectivity index (χ0) is 13.7. The van der Waals surface area contributed by atoms with E-state index in [0.717, 1.165) is 5.56 Å². The fourth-order valence-electron chi connectivity index (χ4n) is 1.69. The molecule has 1 aromatic carbocycles. The molecule has 0 aliphatic rings. The topological polar surface area (TPSA) is 66.4 Å². The molecule has 0 spiro atoms. The van der Waals surface area contributed by atoms with E-state index in [-0.39, 0.29) is 12.3 Å². The maximum atomic E-state index is 11.8. The monoisotopic (exact) mass is 275 g/mol. The van der Waals surface area contributed by atoms with Crippen molar-refractivity contribution in [3.05, 3.63) is 58.3 Å². The second kappa shape index (κ2) is 6.15. The van der Waals surface area contributed by atoms with Gasteiger partial charge in [-0.25, -0.2) is 4.79 Å². The molecular weight excluding hydrogens is 262 g/mol. The van der Waals surface area contributed by atoms with E-state index < -0.39 is 12.0 Å². The summed E-state index contributed by atoms with van der Waals surface area (Å²) in [7, 11) is 0. The van der Waals surface area contributed by atoms with Crippen molar-refractivity contribution in [1.29, 1.82) is 0 Å². The highest BCUT2D eigenvalue weighted by Crippen LogP contribution is 2.08. The van der Waals surface area contributed by atoms with Crippen molar-refractivity contribution in [2.24, 2.45) is 0 Å². The number of carboxylic acids is 1. The first kappa shape index (κ1) is 13.3. The number of carbonyl (C=O) groups excluding carboxylic acids is 1. The van der Waals surface area contributed by atoms with Crippen LogP contribution in [0.1, 0.15) is 15.9 Å². The molecule has 2 rings (SSSR count). The lowest BCUT2D eigenvalue weighted by molar-refractivity contribution is -0.139. The Hall–Kier alpha value is -2.14. The molecule has 0 fully saturated rings. The van der Waals surface area contributed by atoms with E-state index >= 15 is 0 Å². The second-order valence-electron chi connectivity index (χ2n) is 4.07. The molecule has 2 aromatic rings.